The maximum absolute atomic E-state index is 12.9. The Kier molecular flexibility index (Phi) is 5.41. The van der Waals surface area contributed by atoms with Gasteiger partial charge in [-0.1, -0.05) is 0 Å². The van der Waals surface area contributed by atoms with Crippen LogP contribution in [0.2, 0.25) is 0 Å². The average molecular weight is 393 g/mol. The van der Waals surface area contributed by atoms with E-state index in [1.54, 1.807) is 35.5 Å². The average Bonchev–Trinajstić information content (AvgIpc) is 3.41. The largest absolute Gasteiger partial charge is 0.460 e. The molecule has 1 aliphatic rings. The summed E-state index contributed by atoms with van der Waals surface area (Å²) < 4.78 is 5.58. The number of carbonyl (C=O) groups excluding carboxylic acids is 2. The Morgan fingerprint density at radius 2 is 2.24 bits per heavy atom. The van der Waals surface area contributed by atoms with Crippen LogP contribution in [0.4, 0.5) is 0 Å². The molecule has 1 atom stereocenters. The second-order valence-electron chi connectivity index (χ2n) is 7.29. The molecule has 1 aliphatic heterocycles. The number of hydrogen-bond acceptors (Lipinski definition) is 5. The van der Waals surface area contributed by atoms with Gasteiger partial charge in [-0.15, -0.1) is 0 Å². The molecular weight excluding hydrogens is 370 g/mol. The molecular formula is C21H23N5O3. The molecule has 8 heteroatoms. The number of pyridine rings is 1. The van der Waals surface area contributed by atoms with E-state index >= 15 is 0 Å². The normalized spacial score (nSPS) is 16.6. The van der Waals surface area contributed by atoms with Crippen molar-refractivity contribution in [2.45, 2.75) is 19.8 Å². The van der Waals surface area contributed by atoms with Gasteiger partial charge in [-0.05, 0) is 49.9 Å². The molecule has 8 nitrogen and oxygen atoms in total. The summed E-state index contributed by atoms with van der Waals surface area (Å²) >= 11 is 0. The van der Waals surface area contributed by atoms with Crippen molar-refractivity contribution >= 4 is 11.8 Å². The predicted molar refractivity (Wildman–Crippen MR) is 106 cm³/mol. The van der Waals surface area contributed by atoms with Crippen LogP contribution in [-0.2, 0) is 0 Å². The van der Waals surface area contributed by atoms with Crippen molar-refractivity contribution < 1.29 is 14.0 Å². The van der Waals surface area contributed by atoms with E-state index in [1.807, 2.05) is 19.1 Å². The SMILES string of the molecule is Cc1ccc(-c2cc(C(=O)N3CCCC(CNC(=O)c4cccnc4)C3)n[nH]2)o1. The number of nitrogens with one attached hydrogen (secondary N) is 2. The molecule has 2 amide bonds. The van der Waals surface area contributed by atoms with Gasteiger partial charge in [0.1, 0.15) is 11.5 Å². The van der Waals surface area contributed by atoms with E-state index in [2.05, 4.69) is 20.5 Å². The zero-order chi connectivity index (χ0) is 20.2. The lowest BCUT2D eigenvalue weighted by Gasteiger charge is -2.32. The van der Waals surface area contributed by atoms with Gasteiger partial charge in [0.2, 0.25) is 0 Å². The van der Waals surface area contributed by atoms with E-state index in [4.69, 9.17) is 4.42 Å². The lowest BCUT2D eigenvalue weighted by Crippen LogP contribution is -2.43. The topological polar surface area (TPSA) is 104 Å². The Labute approximate surface area is 168 Å². The van der Waals surface area contributed by atoms with Gasteiger partial charge in [0, 0.05) is 38.1 Å². The summed E-state index contributed by atoms with van der Waals surface area (Å²) in [7, 11) is 0. The van der Waals surface area contributed by atoms with E-state index < -0.39 is 0 Å². The first-order valence-electron chi connectivity index (χ1n) is 9.70. The van der Waals surface area contributed by atoms with E-state index in [1.165, 1.54) is 0 Å². The molecule has 150 valence electrons. The fourth-order valence-corrected chi connectivity index (χ4v) is 3.55. The summed E-state index contributed by atoms with van der Waals surface area (Å²) in [6.07, 6.45) is 5.04. The predicted octanol–water partition coefficient (Wildman–Crippen LogP) is 2.66. The smallest absolute Gasteiger partial charge is 0.274 e. The number of amides is 2. The number of aromatic amines is 1. The molecule has 0 saturated carbocycles. The first-order valence-corrected chi connectivity index (χ1v) is 9.70. The van der Waals surface area contributed by atoms with Crippen LogP contribution in [0.3, 0.4) is 0 Å². The number of piperidine rings is 1. The number of nitrogens with zero attached hydrogens (tertiary/aromatic N) is 3. The number of aryl methyl sites for hydroxylation is 1. The highest BCUT2D eigenvalue weighted by Gasteiger charge is 2.26. The van der Waals surface area contributed by atoms with Gasteiger partial charge in [0.05, 0.1) is 5.56 Å². The Hall–Kier alpha value is -3.42. The molecule has 0 aromatic carbocycles. The summed E-state index contributed by atoms with van der Waals surface area (Å²) in [6, 6.07) is 8.90. The highest BCUT2D eigenvalue weighted by molar-refractivity contribution is 5.94. The Balaban J connectivity index is 1.35. The molecule has 4 rings (SSSR count). The van der Waals surface area contributed by atoms with Gasteiger partial charge in [-0.3, -0.25) is 19.7 Å². The molecule has 1 unspecified atom stereocenters. The molecule has 3 aromatic heterocycles. The number of carbonyl (C=O) groups is 2. The quantitative estimate of drug-likeness (QED) is 0.693. The van der Waals surface area contributed by atoms with Gasteiger partial charge in [0.15, 0.2) is 11.5 Å². The number of rotatable bonds is 5. The van der Waals surface area contributed by atoms with Crippen LogP contribution >= 0.6 is 0 Å². The maximum atomic E-state index is 12.9. The summed E-state index contributed by atoms with van der Waals surface area (Å²) in [5.41, 5.74) is 1.58. The molecule has 2 N–H and O–H groups in total. The second kappa shape index (κ2) is 8.30. The fourth-order valence-electron chi connectivity index (χ4n) is 3.55. The molecule has 1 fully saturated rings. The van der Waals surface area contributed by atoms with Crippen LogP contribution in [-0.4, -0.2) is 51.5 Å². The number of furan rings is 1. The van der Waals surface area contributed by atoms with E-state index in [9.17, 15) is 9.59 Å². The van der Waals surface area contributed by atoms with Crippen molar-refractivity contribution in [2.24, 2.45) is 5.92 Å². The lowest BCUT2D eigenvalue weighted by atomic mass is 9.97. The second-order valence-corrected chi connectivity index (χ2v) is 7.29. The molecule has 0 aliphatic carbocycles. The first kappa shape index (κ1) is 18.9. The lowest BCUT2D eigenvalue weighted by molar-refractivity contribution is 0.0665. The van der Waals surface area contributed by atoms with Crippen LogP contribution in [0.15, 0.2) is 47.1 Å². The third kappa shape index (κ3) is 4.37. The Morgan fingerprint density at radius 3 is 3.00 bits per heavy atom. The maximum Gasteiger partial charge on any atom is 0.274 e. The molecule has 29 heavy (non-hydrogen) atoms. The summed E-state index contributed by atoms with van der Waals surface area (Å²) in [4.78, 5) is 30.8. The van der Waals surface area contributed by atoms with Crippen LogP contribution in [0.1, 0.15) is 39.4 Å². The van der Waals surface area contributed by atoms with Gasteiger partial charge in [-0.2, -0.15) is 5.10 Å². The van der Waals surface area contributed by atoms with Crippen molar-refractivity contribution in [3.05, 3.63) is 59.7 Å². The number of aromatic nitrogens is 3. The zero-order valence-corrected chi connectivity index (χ0v) is 16.2. The molecule has 0 spiro atoms. The summed E-state index contributed by atoms with van der Waals surface area (Å²) in [6.45, 7) is 3.67. The molecule has 0 bridgehead atoms. The van der Waals surface area contributed by atoms with Crippen molar-refractivity contribution in [3.8, 4) is 11.5 Å². The van der Waals surface area contributed by atoms with Crippen molar-refractivity contribution in [1.82, 2.24) is 25.4 Å². The third-order valence-corrected chi connectivity index (χ3v) is 5.08. The van der Waals surface area contributed by atoms with E-state index in [0.717, 1.165) is 18.6 Å². The van der Waals surface area contributed by atoms with Gasteiger partial charge in [-0.25, -0.2) is 0 Å². The summed E-state index contributed by atoms with van der Waals surface area (Å²) in [5, 5.41) is 9.98. The third-order valence-electron chi connectivity index (χ3n) is 5.08. The Bertz CT molecular complexity index is 995. The monoisotopic (exact) mass is 393 g/mol. The van der Waals surface area contributed by atoms with Crippen LogP contribution < -0.4 is 5.32 Å². The van der Waals surface area contributed by atoms with Crippen LogP contribution in [0.5, 0.6) is 0 Å². The number of hydrogen-bond donors (Lipinski definition) is 2. The highest BCUT2D eigenvalue weighted by Crippen LogP contribution is 2.22. The Morgan fingerprint density at radius 1 is 1.34 bits per heavy atom. The zero-order valence-electron chi connectivity index (χ0n) is 16.2. The number of likely N-dealkylation sites (tertiary alicyclic amines) is 1. The minimum atomic E-state index is -0.146. The van der Waals surface area contributed by atoms with Crippen LogP contribution in [0, 0.1) is 12.8 Å². The first-order chi connectivity index (χ1) is 14.1. The molecule has 3 aromatic rings. The van der Waals surface area contributed by atoms with E-state index in [-0.39, 0.29) is 17.7 Å². The summed E-state index contributed by atoms with van der Waals surface area (Å²) in [5.74, 6) is 1.41. The molecule has 1 saturated heterocycles. The van der Waals surface area contributed by atoms with Crippen molar-refractivity contribution in [3.63, 3.8) is 0 Å². The van der Waals surface area contributed by atoms with Gasteiger partial charge < -0.3 is 14.6 Å². The van der Waals surface area contributed by atoms with Gasteiger partial charge in [0.25, 0.3) is 11.8 Å². The number of H-pyrrole nitrogens is 1. The van der Waals surface area contributed by atoms with Crippen molar-refractivity contribution in [1.29, 1.82) is 0 Å². The standard InChI is InChI=1S/C21H23N5O3/c1-14-6-7-19(29-14)17-10-18(25-24-17)21(28)26-9-3-4-15(13-26)11-23-20(27)16-5-2-8-22-12-16/h2,5-8,10,12,15H,3-4,9,11,13H2,1H3,(H,23,27)(H,24,25). The molecule has 0 radical (unpaired) electrons. The van der Waals surface area contributed by atoms with Crippen molar-refractivity contribution in [2.75, 3.05) is 19.6 Å². The molecule has 4 heterocycles. The highest BCUT2D eigenvalue weighted by atomic mass is 16.3. The van der Waals surface area contributed by atoms with Gasteiger partial charge >= 0.3 is 0 Å². The fraction of sp³-hybridized carbons (Fsp3) is 0.333. The minimum absolute atomic E-state index is 0.112. The van der Waals surface area contributed by atoms with E-state index in [0.29, 0.717) is 42.3 Å². The minimum Gasteiger partial charge on any atom is -0.460 e. The van der Waals surface area contributed by atoms with Crippen LogP contribution in [0.25, 0.3) is 11.5 Å².